The van der Waals surface area contributed by atoms with E-state index in [0.717, 1.165) is 40.6 Å². The highest BCUT2D eigenvalue weighted by Gasteiger charge is 2.52. The molecule has 1 N–H and O–H groups in total. The predicted molar refractivity (Wildman–Crippen MR) is 107 cm³/mol. The lowest BCUT2D eigenvalue weighted by atomic mass is 9.75. The van der Waals surface area contributed by atoms with Gasteiger partial charge in [0.15, 0.2) is 5.69 Å². The molecule has 2 amide bonds. The van der Waals surface area contributed by atoms with Crippen LogP contribution in [0.4, 0.5) is 5.69 Å². The van der Waals surface area contributed by atoms with Crippen molar-refractivity contribution in [2.75, 3.05) is 25.0 Å². The molecule has 1 atom stereocenters. The first-order valence-corrected chi connectivity index (χ1v) is 9.63. The molecule has 3 aromatic rings. The minimum atomic E-state index is -0.652. The number of piperidine rings is 1. The summed E-state index contributed by atoms with van der Waals surface area (Å²) < 4.78 is 0. The van der Waals surface area contributed by atoms with Crippen LogP contribution in [0.5, 0.6) is 0 Å². The zero-order valence-corrected chi connectivity index (χ0v) is 16.0. The van der Waals surface area contributed by atoms with Gasteiger partial charge in [-0.3, -0.25) is 14.7 Å². The van der Waals surface area contributed by atoms with Crippen LogP contribution in [0.2, 0.25) is 0 Å². The highest BCUT2D eigenvalue weighted by Crippen LogP contribution is 2.46. The van der Waals surface area contributed by atoms with E-state index in [1.54, 1.807) is 9.80 Å². The van der Waals surface area contributed by atoms with E-state index in [2.05, 4.69) is 10.2 Å². The van der Waals surface area contributed by atoms with Crippen molar-refractivity contribution in [1.29, 1.82) is 0 Å². The number of carbonyl (C=O) groups is 2. The molecule has 0 radical (unpaired) electrons. The van der Waals surface area contributed by atoms with E-state index in [-0.39, 0.29) is 11.8 Å². The minimum Gasteiger partial charge on any atom is -0.336 e. The number of aromatic amines is 1. The molecule has 6 heteroatoms. The smallest absolute Gasteiger partial charge is 0.275 e. The van der Waals surface area contributed by atoms with Crippen LogP contribution in [0.25, 0.3) is 10.9 Å². The highest BCUT2D eigenvalue weighted by atomic mass is 16.2. The maximum atomic E-state index is 13.3. The highest BCUT2D eigenvalue weighted by molar-refractivity contribution is 6.09. The van der Waals surface area contributed by atoms with Gasteiger partial charge in [-0.25, -0.2) is 0 Å². The molecule has 0 aliphatic carbocycles. The number of amides is 2. The van der Waals surface area contributed by atoms with Crippen LogP contribution >= 0.6 is 0 Å². The van der Waals surface area contributed by atoms with Crippen molar-refractivity contribution in [2.24, 2.45) is 0 Å². The molecule has 3 heterocycles. The molecular weight excluding hydrogens is 352 g/mol. The Morgan fingerprint density at radius 3 is 2.89 bits per heavy atom. The van der Waals surface area contributed by atoms with Crippen molar-refractivity contribution in [3.63, 3.8) is 0 Å². The van der Waals surface area contributed by atoms with Crippen LogP contribution in [0, 0.1) is 6.92 Å². The van der Waals surface area contributed by atoms with Crippen molar-refractivity contribution < 1.29 is 9.59 Å². The van der Waals surface area contributed by atoms with Gasteiger partial charge in [0.25, 0.3) is 5.91 Å². The fourth-order valence-electron chi connectivity index (χ4n) is 4.78. The predicted octanol–water partition coefficient (Wildman–Crippen LogP) is 3.02. The number of aryl methyl sites for hydroxylation is 1. The van der Waals surface area contributed by atoms with Crippen molar-refractivity contribution in [2.45, 2.75) is 25.2 Å². The Kier molecular flexibility index (Phi) is 3.59. The number of para-hydroxylation sites is 1. The number of benzene rings is 2. The summed E-state index contributed by atoms with van der Waals surface area (Å²) in [5, 5.41) is 8.08. The number of likely N-dealkylation sites (tertiary alicyclic amines) is 1. The molecule has 2 aliphatic rings. The van der Waals surface area contributed by atoms with Gasteiger partial charge >= 0.3 is 0 Å². The first kappa shape index (κ1) is 17.0. The molecule has 142 valence electrons. The summed E-state index contributed by atoms with van der Waals surface area (Å²) in [4.78, 5) is 30.1. The van der Waals surface area contributed by atoms with Crippen molar-refractivity contribution >= 4 is 28.4 Å². The number of carbonyl (C=O) groups excluding carboxylic acids is 2. The standard InChI is InChI=1S/C22H22N4O2/c1-14-8-9-17-15(12-14)19(24-23-17)20(27)26-11-5-10-22(13-26)16-6-3-4-7-18(16)25(2)21(22)28/h3-4,6-9,12H,5,10-11,13H2,1-2H3,(H,23,24)/t22-/m1/s1. The lowest BCUT2D eigenvalue weighted by Crippen LogP contribution is -2.53. The van der Waals surface area contributed by atoms with E-state index in [9.17, 15) is 9.59 Å². The molecule has 2 aromatic carbocycles. The van der Waals surface area contributed by atoms with E-state index in [1.807, 2.05) is 56.4 Å². The van der Waals surface area contributed by atoms with Gasteiger partial charge < -0.3 is 9.80 Å². The largest absolute Gasteiger partial charge is 0.336 e. The van der Waals surface area contributed by atoms with Gasteiger partial charge in [0.2, 0.25) is 5.91 Å². The van der Waals surface area contributed by atoms with Gasteiger partial charge in [-0.2, -0.15) is 5.10 Å². The summed E-state index contributed by atoms with van der Waals surface area (Å²) in [5.74, 6) is -0.0373. The van der Waals surface area contributed by atoms with E-state index in [1.165, 1.54) is 0 Å². The molecular formula is C22H22N4O2. The second kappa shape index (κ2) is 5.92. The molecule has 28 heavy (non-hydrogen) atoms. The molecule has 0 unspecified atom stereocenters. The van der Waals surface area contributed by atoms with Gasteiger partial charge in [-0.05, 0) is 43.5 Å². The third-order valence-electron chi connectivity index (χ3n) is 6.20. The van der Waals surface area contributed by atoms with Gasteiger partial charge in [-0.15, -0.1) is 0 Å². The summed E-state index contributed by atoms with van der Waals surface area (Å²) in [5.41, 5.74) is 3.69. The van der Waals surface area contributed by atoms with Crippen LogP contribution in [0.1, 0.15) is 34.5 Å². The number of fused-ring (bicyclic) bond motifs is 3. The Bertz CT molecular complexity index is 1120. The Balaban J connectivity index is 1.53. The lowest BCUT2D eigenvalue weighted by Gasteiger charge is -2.39. The summed E-state index contributed by atoms with van der Waals surface area (Å²) in [6.07, 6.45) is 1.55. The zero-order valence-electron chi connectivity index (χ0n) is 16.0. The topological polar surface area (TPSA) is 69.3 Å². The minimum absolute atomic E-state index is 0.0777. The normalized spacial score (nSPS) is 21.6. The molecule has 1 spiro atoms. The Morgan fingerprint density at radius 2 is 2.04 bits per heavy atom. The maximum absolute atomic E-state index is 13.3. The first-order chi connectivity index (χ1) is 13.5. The third kappa shape index (κ3) is 2.24. The van der Waals surface area contributed by atoms with E-state index in [0.29, 0.717) is 18.8 Å². The Hall–Kier alpha value is -3.15. The molecule has 1 fully saturated rings. The summed E-state index contributed by atoms with van der Waals surface area (Å²) in [6.45, 7) is 3.03. The molecule has 1 aromatic heterocycles. The van der Waals surface area contributed by atoms with E-state index in [4.69, 9.17) is 0 Å². The SMILES string of the molecule is Cc1ccc2[nH]nc(C(=O)N3CCC[C@]4(C3)C(=O)N(C)c3ccccc34)c2c1. The van der Waals surface area contributed by atoms with Gasteiger partial charge in [-0.1, -0.05) is 29.8 Å². The van der Waals surface area contributed by atoms with Gasteiger partial charge in [0.05, 0.1) is 10.9 Å². The number of nitrogens with zero attached hydrogens (tertiary/aromatic N) is 3. The average molecular weight is 374 g/mol. The summed E-state index contributed by atoms with van der Waals surface area (Å²) in [6, 6.07) is 13.8. The van der Waals surface area contributed by atoms with Crippen LogP contribution in [-0.2, 0) is 10.2 Å². The average Bonchev–Trinajstić information content (AvgIpc) is 3.22. The number of H-pyrrole nitrogens is 1. The number of hydrogen-bond donors (Lipinski definition) is 1. The van der Waals surface area contributed by atoms with Gasteiger partial charge in [0, 0.05) is 31.2 Å². The fourth-order valence-corrected chi connectivity index (χ4v) is 4.78. The monoisotopic (exact) mass is 374 g/mol. The summed E-state index contributed by atoms with van der Waals surface area (Å²) in [7, 11) is 1.82. The van der Waals surface area contributed by atoms with Crippen molar-refractivity contribution in [3.8, 4) is 0 Å². The summed E-state index contributed by atoms with van der Waals surface area (Å²) >= 11 is 0. The lowest BCUT2D eigenvalue weighted by molar-refractivity contribution is -0.124. The van der Waals surface area contributed by atoms with E-state index < -0.39 is 5.41 Å². The van der Waals surface area contributed by atoms with Crippen molar-refractivity contribution in [1.82, 2.24) is 15.1 Å². The molecule has 6 nitrogen and oxygen atoms in total. The number of hydrogen-bond acceptors (Lipinski definition) is 3. The quantitative estimate of drug-likeness (QED) is 0.712. The second-order valence-corrected chi connectivity index (χ2v) is 7.91. The number of aromatic nitrogens is 2. The number of likely N-dealkylation sites (N-methyl/N-ethyl adjacent to an activating group) is 1. The molecule has 2 aliphatic heterocycles. The van der Waals surface area contributed by atoms with Gasteiger partial charge in [0.1, 0.15) is 0 Å². The van der Waals surface area contributed by atoms with Crippen LogP contribution in [0.3, 0.4) is 0 Å². The first-order valence-electron chi connectivity index (χ1n) is 9.63. The van der Waals surface area contributed by atoms with Crippen molar-refractivity contribution in [3.05, 3.63) is 59.3 Å². The van der Waals surface area contributed by atoms with Crippen LogP contribution < -0.4 is 4.90 Å². The van der Waals surface area contributed by atoms with E-state index >= 15 is 0 Å². The number of nitrogens with one attached hydrogen (secondary N) is 1. The van der Waals surface area contributed by atoms with Crippen LogP contribution in [-0.4, -0.2) is 47.0 Å². The number of anilines is 1. The third-order valence-corrected chi connectivity index (χ3v) is 6.20. The van der Waals surface area contributed by atoms with Crippen LogP contribution in [0.15, 0.2) is 42.5 Å². The molecule has 5 rings (SSSR count). The molecule has 0 saturated carbocycles. The Labute approximate surface area is 163 Å². The molecule has 1 saturated heterocycles. The zero-order chi connectivity index (χ0) is 19.5. The Morgan fingerprint density at radius 1 is 1.21 bits per heavy atom. The molecule has 0 bridgehead atoms. The second-order valence-electron chi connectivity index (χ2n) is 7.91. The number of rotatable bonds is 1. The fraction of sp³-hybridized carbons (Fsp3) is 0.318. The maximum Gasteiger partial charge on any atom is 0.275 e.